The van der Waals surface area contributed by atoms with Gasteiger partial charge in [-0.25, -0.2) is 0 Å². The van der Waals surface area contributed by atoms with Crippen molar-refractivity contribution in [3.63, 3.8) is 0 Å². The molecular weight excluding hydrogens is 70.1 g/mol. The first kappa shape index (κ1) is 3.80. The SMILES string of the molecule is C=C=NS. The monoisotopic (exact) mass is 73.0 g/mol. The molecule has 0 aliphatic heterocycles. The Balaban J connectivity index is 3.11. The maximum atomic E-state index is 3.37. The third kappa shape index (κ3) is 1.80. The third-order valence-electron chi connectivity index (χ3n) is 0.0707. The lowest BCUT2D eigenvalue weighted by atomic mass is 11.2. The Kier molecular flexibility index (Phi) is 2.66. The minimum absolute atomic E-state index is 2.17. The van der Waals surface area contributed by atoms with Crippen molar-refractivity contribution in [2.45, 2.75) is 0 Å². The average Bonchev–Trinajstić information content (AvgIpc) is 1.37. The molecule has 0 aromatic carbocycles. The van der Waals surface area contributed by atoms with E-state index in [9.17, 15) is 0 Å². The fourth-order valence-electron chi connectivity index (χ4n) is 0. The molecule has 0 aromatic heterocycles. The largest absolute Gasteiger partial charge is 0.177 e. The molecule has 0 saturated heterocycles. The molecule has 22 valence electrons. The molecule has 0 unspecified atom stereocenters. The minimum atomic E-state index is 2.17. The van der Waals surface area contributed by atoms with Crippen LogP contribution in [0.1, 0.15) is 0 Å². The molecular formula is C2H3NS. The van der Waals surface area contributed by atoms with Crippen molar-refractivity contribution in [1.82, 2.24) is 0 Å². The third-order valence-corrected chi connectivity index (χ3v) is 0.212. The number of hydrogen-bond donors (Lipinski definition) is 1. The molecule has 0 saturated carbocycles. The molecule has 0 heterocycles. The van der Waals surface area contributed by atoms with Gasteiger partial charge in [0.05, 0.1) is 0 Å². The van der Waals surface area contributed by atoms with Gasteiger partial charge in [-0.1, -0.05) is 0 Å². The van der Waals surface area contributed by atoms with Gasteiger partial charge in [0.1, 0.15) is 0 Å². The van der Waals surface area contributed by atoms with Crippen molar-refractivity contribution < 1.29 is 0 Å². The van der Waals surface area contributed by atoms with Gasteiger partial charge in [-0.15, -0.1) is 0 Å². The number of nitrogens with zero attached hydrogens (tertiary/aromatic N) is 1. The molecule has 1 nitrogen and oxygen atoms in total. The van der Waals surface area contributed by atoms with Gasteiger partial charge in [-0.3, -0.25) is 0 Å². The molecule has 0 amide bonds. The van der Waals surface area contributed by atoms with Crippen LogP contribution in [0.3, 0.4) is 0 Å². The second-order valence-corrected chi connectivity index (χ2v) is 0.458. The number of rotatable bonds is 0. The summed E-state index contributed by atoms with van der Waals surface area (Å²) < 4.78 is 3.07. The van der Waals surface area contributed by atoms with Gasteiger partial charge in [-0.2, -0.15) is 4.40 Å². The van der Waals surface area contributed by atoms with E-state index in [0.29, 0.717) is 0 Å². The lowest BCUT2D eigenvalue weighted by molar-refractivity contribution is 2.06. The summed E-state index contributed by atoms with van der Waals surface area (Å²) in [4.78, 5) is 0. The molecule has 0 aliphatic carbocycles. The van der Waals surface area contributed by atoms with E-state index in [0.717, 1.165) is 0 Å². The minimum Gasteiger partial charge on any atom is -0.177 e. The van der Waals surface area contributed by atoms with Crippen molar-refractivity contribution in [1.29, 1.82) is 0 Å². The second-order valence-electron chi connectivity index (χ2n) is 0.258. The molecule has 0 fully saturated rings. The molecule has 0 aliphatic rings. The van der Waals surface area contributed by atoms with E-state index in [4.69, 9.17) is 0 Å². The Labute approximate surface area is 30.6 Å². The Bertz CT molecular complexity index is 44.0. The first-order chi connectivity index (χ1) is 1.91. The zero-order chi connectivity index (χ0) is 3.41. The van der Waals surface area contributed by atoms with Gasteiger partial charge >= 0.3 is 0 Å². The zero-order valence-electron chi connectivity index (χ0n) is 2.10. The molecule has 0 N–H and O–H groups in total. The summed E-state index contributed by atoms with van der Waals surface area (Å²) in [5.41, 5.74) is 0. The van der Waals surface area contributed by atoms with Crippen LogP contribution in [-0.4, -0.2) is 5.87 Å². The topological polar surface area (TPSA) is 12.4 Å². The van der Waals surface area contributed by atoms with Crippen LogP contribution >= 0.6 is 12.8 Å². The van der Waals surface area contributed by atoms with Crippen LogP contribution in [0, 0.1) is 0 Å². The van der Waals surface area contributed by atoms with E-state index in [1.54, 1.807) is 0 Å². The van der Waals surface area contributed by atoms with Gasteiger partial charge in [0, 0.05) is 0 Å². The summed E-state index contributed by atoms with van der Waals surface area (Å²) >= 11 is 3.37. The Hall–Kier alpha value is -0.200. The Morgan fingerprint density at radius 3 is 2.25 bits per heavy atom. The summed E-state index contributed by atoms with van der Waals surface area (Å²) in [6.45, 7) is 3.11. The lowest BCUT2D eigenvalue weighted by Crippen LogP contribution is -1.22. The standard InChI is InChI=1S/C2H3NS/c1-2-3-4/h4H,1H2. The van der Waals surface area contributed by atoms with Crippen LogP contribution in [0.5, 0.6) is 0 Å². The fourth-order valence-corrected chi connectivity index (χ4v) is 0. The van der Waals surface area contributed by atoms with Gasteiger partial charge in [0.15, 0.2) is 0 Å². The average molecular weight is 73.1 g/mol. The van der Waals surface area contributed by atoms with Crippen molar-refractivity contribution in [3.8, 4) is 0 Å². The maximum Gasteiger partial charge on any atom is -0.0128 e. The van der Waals surface area contributed by atoms with Crippen molar-refractivity contribution in [2.24, 2.45) is 4.40 Å². The molecule has 0 atom stereocenters. The van der Waals surface area contributed by atoms with Crippen molar-refractivity contribution in [2.75, 3.05) is 0 Å². The van der Waals surface area contributed by atoms with Gasteiger partial charge in [0.25, 0.3) is 0 Å². The highest BCUT2D eigenvalue weighted by Gasteiger charge is 1.22. The summed E-state index contributed by atoms with van der Waals surface area (Å²) in [5, 5.41) is 0. The summed E-state index contributed by atoms with van der Waals surface area (Å²) in [5.74, 6) is 2.17. The normalized spacial score (nSPS) is 4.25. The van der Waals surface area contributed by atoms with E-state index in [2.05, 4.69) is 29.7 Å². The smallest absolute Gasteiger partial charge is 0.0128 e. The van der Waals surface area contributed by atoms with Crippen LogP contribution < -0.4 is 0 Å². The Morgan fingerprint density at radius 1 is 2.00 bits per heavy atom. The fraction of sp³-hybridized carbons (Fsp3) is 0. The van der Waals surface area contributed by atoms with Crippen LogP contribution in [0.25, 0.3) is 0 Å². The highest BCUT2D eigenvalue weighted by atomic mass is 32.1. The molecule has 0 radical (unpaired) electrons. The van der Waals surface area contributed by atoms with E-state index < -0.39 is 0 Å². The molecule has 2 heteroatoms. The summed E-state index contributed by atoms with van der Waals surface area (Å²) in [6.07, 6.45) is 0. The van der Waals surface area contributed by atoms with Crippen molar-refractivity contribution >= 4 is 18.7 Å². The van der Waals surface area contributed by atoms with E-state index in [-0.39, 0.29) is 0 Å². The summed E-state index contributed by atoms with van der Waals surface area (Å²) in [7, 11) is 0. The maximum absolute atomic E-state index is 3.37. The van der Waals surface area contributed by atoms with Crippen LogP contribution in [-0.2, 0) is 0 Å². The Morgan fingerprint density at radius 2 is 2.25 bits per heavy atom. The second kappa shape index (κ2) is 2.80. The van der Waals surface area contributed by atoms with E-state index in [1.165, 1.54) is 0 Å². The van der Waals surface area contributed by atoms with Crippen LogP contribution in [0.2, 0.25) is 0 Å². The lowest BCUT2D eigenvalue weighted by Gasteiger charge is -1.40. The number of thiol groups is 1. The first-order valence-corrected chi connectivity index (χ1v) is 1.18. The van der Waals surface area contributed by atoms with Crippen molar-refractivity contribution in [3.05, 3.63) is 6.58 Å². The van der Waals surface area contributed by atoms with Crippen LogP contribution in [0.15, 0.2) is 11.0 Å². The quantitative estimate of drug-likeness (QED) is 0.320. The first-order valence-electron chi connectivity index (χ1n) is 0.777. The van der Waals surface area contributed by atoms with Gasteiger partial charge in [0.2, 0.25) is 0 Å². The summed E-state index contributed by atoms with van der Waals surface area (Å²) in [6, 6.07) is 0. The highest BCUT2D eigenvalue weighted by Crippen LogP contribution is 1.58. The molecule has 4 heavy (non-hydrogen) atoms. The van der Waals surface area contributed by atoms with Gasteiger partial charge in [-0.05, 0) is 25.3 Å². The van der Waals surface area contributed by atoms with E-state index >= 15 is 0 Å². The van der Waals surface area contributed by atoms with Crippen LogP contribution in [0.4, 0.5) is 0 Å². The van der Waals surface area contributed by atoms with Gasteiger partial charge < -0.3 is 0 Å². The molecule has 0 bridgehead atoms. The predicted molar refractivity (Wildman–Crippen MR) is 22.0 cm³/mol. The number of hydrogen-bond acceptors (Lipinski definition) is 2. The zero-order valence-corrected chi connectivity index (χ0v) is 3.00. The predicted octanol–water partition coefficient (Wildman–Crippen LogP) is 0.687. The molecule has 0 spiro atoms. The highest BCUT2D eigenvalue weighted by molar-refractivity contribution is 7.78. The van der Waals surface area contributed by atoms with E-state index in [1.807, 2.05) is 0 Å². The molecule has 0 rings (SSSR count). The molecule has 0 aromatic rings.